The predicted octanol–water partition coefficient (Wildman–Crippen LogP) is 3.64. The van der Waals surface area contributed by atoms with Crippen LogP contribution in [0.4, 0.5) is 4.39 Å². The number of rotatable bonds is 5. The average molecular weight is 378 g/mol. The van der Waals surface area contributed by atoms with E-state index in [1.165, 1.54) is 28.3 Å². The van der Waals surface area contributed by atoms with Crippen molar-refractivity contribution in [3.8, 4) is 10.6 Å². The molecule has 0 aliphatic carbocycles. The quantitative estimate of drug-likeness (QED) is 0.805. The molecule has 1 aliphatic rings. The fourth-order valence-corrected chi connectivity index (χ4v) is 3.27. The topological polar surface area (TPSA) is 73.6 Å². The maximum Gasteiger partial charge on any atom is 0.525 e. The van der Waals surface area contributed by atoms with Crippen LogP contribution in [0.1, 0.15) is 33.3 Å². The van der Waals surface area contributed by atoms with Crippen molar-refractivity contribution >= 4 is 30.5 Å². The molecular weight excluding hydrogens is 358 g/mol. The Labute approximate surface area is 155 Å². The minimum Gasteiger partial charge on any atom is -0.480 e. The Bertz CT molecular complexity index is 829. The van der Waals surface area contributed by atoms with Gasteiger partial charge in [0.15, 0.2) is 0 Å². The average Bonchev–Trinajstić information content (AvgIpc) is 3.18. The van der Waals surface area contributed by atoms with Gasteiger partial charge >= 0.3 is 13.1 Å². The number of hydrogen-bond donors (Lipinski definition) is 1. The summed E-state index contributed by atoms with van der Waals surface area (Å²) in [5.74, 6) is -1.02. The molecule has 1 saturated heterocycles. The first-order valence-electron chi connectivity index (χ1n) is 8.15. The standard InChI is InChI=1S/C17H20BFN2O4S/c1-16(2)17(3,4)25-18(24-16)13(19)8-11-9-21(10-14(22)23)20-15(11)12-6-5-7-26-12/h5-9H,10H2,1-4H3,(H,22,23). The van der Waals surface area contributed by atoms with Gasteiger partial charge < -0.3 is 14.4 Å². The van der Waals surface area contributed by atoms with Gasteiger partial charge in [-0.1, -0.05) is 6.07 Å². The first-order valence-corrected chi connectivity index (χ1v) is 9.03. The lowest BCUT2D eigenvalue weighted by molar-refractivity contribution is -0.137. The number of nitrogens with zero attached hydrogens (tertiary/aromatic N) is 2. The Morgan fingerprint density at radius 2 is 2.04 bits per heavy atom. The van der Waals surface area contributed by atoms with E-state index in [9.17, 15) is 9.18 Å². The molecule has 2 aromatic heterocycles. The molecule has 26 heavy (non-hydrogen) atoms. The molecule has 0 bridgehead atoms. The smallest absolute Gasteiger partial charge is 0.480 e. The summed E-state index contributed by atoms with van der Waals surface area (Å²) < 4.78 is 27.5. The molecule has 9 heteroatoms. The number of thiophene rings is 1. The van der Waals surface area contributed by atoms with Gasteiger partial charge in [-0.2, -0.15) is 5.10 Å². The van der Waals surface area contributed by atoms with Crippen molar-refractivity contribution < 1.29 is 23.6 Å². The van der Waals surface area contributed by atoms with E-state index in [4.69, 9.17) is 14.4 Å². The Kier molecular flexibility index (Phi) is 4.81. The number of carboxylic acids is 1. The van der Waals surface area contributed by atoms with Gasteiger partial charge in [0.25, 0.3) is 0 Å². The van der Waals surface area contributed by atoms with Crippen LogP contribution in [0.3, 0.4) is 0 Å². The number of halogens is 1. The summed E-state index contributed by atoms with van der Waals surface area (Å²) in [6.07, 6.45) is 2.80. The third-order valence-electron chi connectivity index (χ3n) is 4.61. The Morgan fingerprint density at radius 3 is 2.58 bits per heavy atom. The highest BCUT2D eigenvalue weighted by Gasteiger charge is 2.53. The Hall–Kier alpha value is -1.97. The van der Waals surface area contributed by atoms with E-state index in [2.05, 4.69) is 5.10 Å². The minimum absolute atomic E-state index is 0.301. The Morgan fingerprint density at radius 1 is 1.38 bits per heavy atom. The summed E-state index contributed by atoms with van der Waals surface area (Å²) in [5, 5.41) is 15.1. The van der Waals surface area contributed by atoms with Crippen LogP contribution in [0.2, 0.25) is 0 Å². The van der Waals surface area contributed by atoms with Crippen LogP contribution >= 0.6 is 11.3 Å². The molecule has 2 aromatic rings. The van der Waals surface area contributed by atoms with Crippen LogP contribution in [0.25, 0.3) is 16.6 Å². The predicted molar refractivity (Wildman–Crippen MR) is 98.3 cm³/mol. The highest BCUT2D eigenvalue weighted by molar-refractivity contribution is 7.13. The van der Waals surface area contributed by atoms with Gasteiger partial charge in [0.05, 0.1) is 16.1 Å². The van der Waals surface area contributed by atoms with E-state index in [0.717, 1.165) is 4.88 Å². The first-order chi connectivity index (χ1) is 12.1. The molecule has 0 amide bonds. The lowest BCUT2D eigenvalue weighted by Gasteiger charge is -2.32. The van der Waals surface area contributed by atoms with Gasteiger partial charge in [0, 0.05) is 11.8 Å². The fourth-order valence-electron chi connectivity index (χ4n) is 2.54. The van der Waals surface area contributed by atoms with Crippen LogP contribution < -0.4 is 0 Å². The van der Waals surface area contributed by atoms with Crippen LogP contribution in [0.5, 0.6) is 0 Å². The number of carboxylic acid groups (broad SMARTS) is 1. The van der Waals surface area contributed by atoms with E-state index in [1.807, 2.05) is 45.2 Å². The van der Waals surface area contributed by atoms with Crippen molar-refractivity contribution in [3.05, 3.63) is 35.0 Å². The van der Waals surface area contributed by atoms with Crippen molar-refractivity contribution in [1.29, 1.82) is 0 Å². The fraction of sp³-hybridized carbons (Fsp3) is 0.412. The van der Waals surface area contributed by atoms with E-state index in [0.29, 0.717) is 11.3 Å². The van der Waals surface area contributed by atoms with Gasteiger partial charge in [-0.25, -0.2) is 4.39 Å². The van der Waals surface area contributed by atoms with Crippen molar-refractivity contribution in [2.24, 2.45) is 0 Å². The van der Waals surface area contributed by atoms with Gasteiger partial charge in [0.2, 0.25) is 0 Å². The molecule has 3 rings (SSSR count). The highest BCUT2D eigenvalue weighted by Crippen LogP contribution is 2.39. The van der Waals surface area contributed by atoms with Crippen molar-refractivity contribution in [2.75, 3.05) is 0 Å². The molecule has 0 saturated carbocycles. The zero-order valence-electron chi connectivity index (χ0n) is 15.0. The van der Waals surface area contributed by atoms with Crippen molar-refractivity contribution in [2.45, 2.75) is 45.4 Å². The van der Waals surface area contributed by atoms with Gasteiger partial charge in [-0.3, -0.25) is 9.48 Å². The molecule has 0 spiro atoms. The third kappa shape index (κ3) is 3.60. The normalized spacial score (nSPS) is 19.1. The molecule has 1 aliphatic heterocycles. The summed E-state index contributed by atoms with van der Waals surface area (Å²) in [7, 11) is -1.11. The van der Waals surface area contributed by atoms with E-state index >= 15 is 0 Å². The molecule has 138 valence electrons. The second-order valence-corrected chi connectivity index (χ2v) is 8.07. The molecule has 1 fully saturated rings. The summed E-state index contributed by atoms with van der Waals surface area (Å²) in [6.45, 7) is 7.10. The number of aromatic nitrogens is 2. The monoisotopic (exact) mass is 378 g/mol. The number of aliphatic carboxylic acids is 1. The molecule has 3 heterocycles. The zero-order chi connectivity index (χ0) is 19.1. The lowest BCUT2D eigenvalue weighted by atomic mass is 9.87. The van der Waals surface area contributed by atoms with Gasteiger partial charge in [-0.05, 0) is 45.2 Å². The molecule has 6 nitrogen and oxygen atoms in total. The van der Waals surface area contributed by atoms with Crippen molar-refractivity contribution in [1.82, 2.24) is 9.78 Å². The van der Waals surface area contributed by atoms with E-state index in [1.54, 1.807) is 0 Å². The maximum absolute atomic E-state index is 14.8. The molecule has 0 unspecified atom stereocenters. The van der Waals surface area contributed by atoms with Crippen LogP contribution in [-0.2, 0) is 20.6 Å². The maximum atomic E-state index is 14.8. The second kappa shape index (κ2) is 6.64. The zero-order valence-corrected chi connectivity index (χ0v) is 15.8. The minimum atomic E-state index is -1.11. The molecular formula is C17H20BFN2O4S. The molecule has 0 atom stereocenters. The molecule has 0 radical (unpaired) electrons. The van der Waals surface area contributed by atoms with Crippen molar-refractivity contribution in [3.63, 3.8) is 0 Å². The SMILES string of the molecule is CC1(C)OB(C(F)=Cc2cn(CC(=O)O)nc2-c2cccs2)OC1(C)C. The molecule has 1 N–H and O–H groups in total. The summed E-state index contributed by atoms with van der Waals surface area (Å²) in [6, 6.07) is 3.70. The van der Waals surface area contributed by atoms with Gasteiger partial charge in [-0.15, -0.1) is 11.3 Å². The summed E-state index contributed by atoms with van der Waals surface area (Å²) in [5.41, 5.74) is -0.884. The Balaban J connectivity index is 1.94. The lowest BCUT2D eigenvalue weighted by Crippen LogP contribution is -2.41. The van der Waals surface area contributed by atoms with E-state index < -0.39 is 30.0 Å². The van der Waals surface area contributed by atoms with E-state index in [-0.39, 0.29) is 6.54 Å². The highest BCUT2D eigenvalue weighted by atomic mass is 32.1. The number of carbonyl (C=O) groups is 1. The van der Waals surface area contributed by atoms with Crippen LogP contribution in [0.15, 0.2) is 29.4 Å². The van der Waals surface area contributed by atoms with Crippen LogP contribution in [0, 0.1) is 0 Å². The number of hydrogen-bond acceptors (Lipinski definition) is 5. The third-order valence-corrected chi connectivity index (χ3v) is 5.49. The second-order valence-electron chi connectivity index (χ2n) is 7.12. The summed E-state index contributed by atoms with van der Waals surface area (Å²) >= 11 is 1.44. The van der Waals surface area contributed by atoms with Crippen LogP contribution in [-0.4, -0.2) is 39.2 Å². The largest absolute Gasteiger partial charge is 0.525 e. The molecule has 0 aromatic carbocycles. The van der Waals surface area contributed by atoms with Gasteiger partial charge in [0.1, 0.15) is 18.0 Å². The summed E-state index contributed by atoms with van der Waals surface area (Å²) in [4.78, 5) is 11.8. The first kappa shape index (κ1) is 18.8.